The Morgan fingerprint density at radius 1 is 0.604 bits per heavy atom. The van der Waals surface area contributed by atoms with Crippen LogP contribution in [-0.2, 0) is 19.1 Å². The van der Waals surface area contributed by atoms with Gasteiger partial charge in [0.15, 0.2) is 0 Å². The highest BCUT2D eigenvalue weighted by molar-refractivity contribution is 6.28. The lowest BCUT2D eigenvalue weighted by molar-refractivity contribution is -0.129. The average Bonchev–Trinajstić information content (AvgIpc) is 3.18. The molecule has 270 valence electrons. The monoisotopic (exact) mass is 716 g/mol. The summed E-state index contributed by atoms with van der Waals surface area (Å²) in [7, 11) is 0. The van der Waals surface area contributed by atoms with E-state index in [0.717, 1.165) is 31.9 Å². The summed E-state index contributed by atoms with van der Waals surface area (Å²) in [6, 6.07) is 18.0. The first-order valence-corrected chi connectivity index (χ1v) is 17.6. The number of carbonyl (C=O) groups excluding carboxylic acids is 6. The van der Waals surface area contributed by atoms with Crippen LogP contribution in [0.25, 0.3) is 21.5 Å². The molecule has 1 saturated heterocycles. The number of hydrogen-bond donors (Lipinski definition) is 2. The number of benzene rings is 4. The van der Waals surface area contributed by atoms with Gasteiger partial charge < -0.3 is 29.9 Å². The number of carbonyl (C=O) groups is 6. The molecule has 2 N–H and O–H groups in total. The van der Waals surface area contributed by atoms with Crippen molar-refractivity contribution in [3.8, 4) is 0 Å². The van der Waals surface area contributed by atoms with Crippen LogP contribution in [0.15, 0.2) is 73.1 Å². The van der Waals surface area contributed by atoms with Crippen molar-refractivity contribution in [3.05, 3.63) is 95.4 Å². The van der Waals surface area contributed by atoms with Gasteiger partial charge in [0.2, 0.25) is 11.8 Å². The number of ether oxygens (including phenoxy) is 2. The quantitative estimate of drug-likeness (QED) is 0.185. The minimum Gasteiger partial charge on any atom is -0.498 e. The Hall–Kier alpha value is -6.28. The van der Waals surface area contributed by atoms with Gasteiger partial charge in [0.05, 0.1) is 26.0 Å². The van der Waals surface area contributed by atoms with E-state index in [-0.39, 0.29) is 26.2 Å². The molecular weight excluding hydrogens is 680 g/mol. The number of imide groups is 2. The summed E-state index contributed by atoms with van der Waals surface area (Å²) in [4.78, 5) is 85.6. The number of nitrogens with zero attached hydrogens (tertiary/aromatic N) is 4. The standard InChI is InChI=1S/C39H36N6O8/c46-32(40-11-13-44-36(48)26-5-1-3-24-30(42-15-19-52-20-16-42)9-7-28(34(24)26)38(44)50)23-33(47)41-12-14-45-37(49)27-6-2-4-25-31(43-17-21-53-22-18-43)10-8-29(35(25)27)39(45)51/h1-10,15,19H,11-14,16-18,20-23H2,(H,40,46)(H,41,47). The Balaban J connectivity index is 0.844. The molecule has 0 spiro atoms. The number of anilines is 2. The summed E-state index contributed by atoms with van der Waals surface area (Å²) < 4.78 is 10.8. The van der Waals surface area contributed by atoms with Crippen molar-refractivity contribution in [2.75, 3.05) is 75.4 Å². The molecule has 4 aliphatic heterocycles. The highest BCUT2D eigenvalue weighted by Gasteiger charge is 2.35. The molecular formula is C39H36N6O8. The van der Waals surface area contributed by atoms with Gasteiger partial charge in [-0.2, -0.15) is 0 Å². The minimum atomic E-state index is -0.605. The van der Waals surface area contributed by atoms with Crippen LogP contribution in [0.1, 0.15) is 47.9 Å². The fourth-order valence-electron chi connectivity index (χ4n) is 7.49. The number of rotatable bonds is 10. The molecule has 0 bridgehead atoms. The second-order valence-electron chi connectivity index (χ2n) is 13.1. The first-order chi connectivity index (χ1) is 25.8. The van der Waals surface area contributed by atoms with Crippen LogP contribution < -0.4 is 20.4 Å². The molecule has 0 atom stereocenters. The average molecular weight is 717 g/mol. The van der Waals surface area contributed by atoms with E-state index in [4.69, 9.17) is 9.47 Å². The number of hydrogen-bond acceptors (Lipinski definition) is 10. The summed E-state index contributed by atoms with van der Waals surface area (Å²) in [6.07, 6.45) is 2.90. The fourth-order valence-corrected chi connectivity index (χ4v) is 7.49. The van der Waals surface area contributed by atoms with Crippen LogP contribution in [-0.4, -0.2) is 111 Å². The lowest BCUT2D eigenvalue weighted by Crippen LogP contribution is -2.46. The minimum absolute atomic E-state index is 0.0496. The molecule has 14 heteroatoms. The third-order valence-corrected chi connectivity index (χ3v) is 10.0. The van der Waals surface area contributed by atoms with Gasteiger partial charge in [0.25, 0.3) is 23.6 Å². The topological polar surface area (TPSA) is 158 Å². The van der Waals surface area contributed by atoms with Gasteiger partial charge in [-0.3, -0.25) is 38.6 Å². The number of morpholine rings is 1. The maximum atomic E-state index is 13.5. The molecule has 0 unspecified atom stereocenters. The second-order valence-corrected chi connectivity index (χ2v) is 13.1. The molecule has 1 fully saturated rings. The van der Waals surface area contributed by atoms with Gasteiger partial charge in [-0.15, -0.1) is 0 Å². The van der Waals surface area contributed by atoms with Crippen molar-refractivity contribution in [3.63, 3.8) is 0 Å². The van der Waals surface area contributed by atoms with Gasteiger partial charge in [-0.25, -0.2) is 0 Å². The first kappa shape index (κ1) is 33.8. The first-order valence-electron chi connectivity index (χ1n) is 17.6. The Labute approximate surface area is 303 Å². The second kappa shape index (κ2) is 14.0. The van der Waals surface area contributed by atoms with Crippen LogP contribution >= 0.6 is 0 Å². The number of amides is 6. The van der Waals surface area contributed by atoms with Crippen molar-refractivity contribution in [2.45, 2.75) is 6.42 Å². The molecule has 0 aromatic heterocycles. The third kappa shape index (κ3) is 6.10. The van der Waals surface area contributed by atoms with E-state index >= 15 is 0 Å². The Kier molecular flexibility index (Phi) is 8.96. The van der Waals surface area contributed by atoms with Gasteiger partial charge in [0.1, 0.15) is 13.0 Å². The van der Waals surface area contributed by atoms with Crippen molar-refractivity contribution < 1.29 is 38.2 Å². The fraction of sp³-hybridized carbons (Fsp3) is 0.282. The maximum absolute atomic E-state index is 13.5. The molecule has 14 nitrogen and oxygen atoms in total. The molecule has 4 aliphatic rings. The summed E-state index contributed by atoms with van der Waals surface area (Å²) in [5, 5.41) is 8.03. The lowest BCUT2D eigenvalue weighted by Gasteiger charge is -2.32. The Morgan fingerprint density at radius 3 is 1.64 bits per heavy atom. The van der Waals surface area contributed by atoms with Crippen LogP contribution in [0.2, 0.25) is 0 Å². The highest BCUT2D eigenvalue weighted by atomic mass is 16.5. The number of nitrogens with one attached hydrogen (secondary N) is 2. The van der Waals surface area contributed by atoms with Gasteiger partial charge in [0, 0.05) is 101 Å². The van der Waals surface area contributed by atoms with E-state index in [1.165, 1.54) is 0 Å². The van der Waals surface area contributed by atoms with Crippen molar-refractivity contribution in [1.82, 2.24) is 20.4 Å². The van der Waals surface area contributed by atoms with E-state index in [0.29, 0.717) is 72.5 Å². The predicted octanol–water partition coefficient (Wildman–Crippen LogP) is 2.65. The molecule has 53 heavy (non-hydrogen) atoms. The summed E-state index contributed by atoms with van der Waals surface area (Å²) in [5.74, 6) is -3.04. The molecule has 0 aliphatic carbocycles. The van der Waals surface area contributed by atoms with E-state index < -0.39 is 41.9 Å². The third-order valence-electron chi connectivity index (χ3n) is 10.0. The van der Waals surface area contributed by atoms with Crippen LogP contribution in [0.3, 0.4) is 0 Å². The van der Waals surface area contributed by atoms with Gasteiger partial charge in [-0.05, 0) is 36.4 Å². The van der Waals surface area contributed by atoms with Crippen molar-refractivity contribution in [1.29, 1.82) is 0 Å². The van der Waals surface area contributed by atoms with E-state index in [1.54, 1.807) is 42.7 Å². The normalized spacial score (nSPS) is 16.8. The van der Waals surface area contributed by atoms with E-state index in [9.17, 15) is 28.8 Å². The van der Waals surface area contributed by atoms with Crippen molar-refractivity contribution in [2.24, 2.45) is 0 Å². The molecule has 6 amide bonds. The smallest absolute Gasteiger partial charge is 0.261 e. The maximum Gasteiger partial charge on any atom is 0.261 e. The molecule has 4 heterocycles. The zero-order valence-electron chi connectivity index (χ0n) is 28.8. The summed E-state index contributed by atoms with van der Waals surface area (Å²) in [5.41, 5.74) is 3.43. The van der Waals surface area contributed by atoms with Crippen LogP contribution in [0.4, 0.5) is 11.4 Å². The Morgan fingerprint density at radius 2 is 1.11 bits per heavy atom. The summed E-state index contributed by atoms with van der Waals surface area (Å²) >= 11 is 0. The molecule has 0 saturated carbocycles. The SMILES string of the molecule is O=C(CC(=O)NCCN1C(=O)c2cccc3c(N4CCOCC4)ccc(c23)C1=O)NCCN1C(=O)c2cccc3c(N4C=COCC4)ccc(c23)C1=O. The molecule has 4 aromatic rings. The zero-order valence-corrected chi connectivity index (χ0v) is 28.8. The zero-order chi connectivity index (χ0) is 36.6. The summed E-state index contributed by atoms with van der Waals surface area (Å²) in [6.45, 7) is 3.50. The highest BCUT2D eigenvalue weighted by Crippen LogP contribution is 2.38. The molecule has 8 rings (SSSR count). The molecule has 4 aromatic carbocycles. The Bertz CT molecular complexity index is 2200. The van der Waals surface area contributed by atoms with Crippen LogP contribution in [0, 0.1) is 0 Å². The predicted molar refractivity (Wildman–Crippen MR) is 195 cm³/mol. The molecule has 0 radical (unpaired) electrons. The largest absolute Gasteiger partial charge is 0.498 e. The van der Waals surface area contributed by atoms with Crippen LogP contribution in [0.5, 0.6) is 0 Å². The van der Waals surface area contributed by atoms with E-state index in [1.807, 2.05) is 35.4 Å². The lowest BCUT2D eigenvalue weighted by atomic mass is 9.92. The van der Waals surface area contributed by atoms with E-state index in [2.05, 4.69) is 15.5 Å². The van der Waals surface area contributed by atoms with Gasteiger partial charge in [-0.1, -0.05) is 24.3 Å². The van der Waals surface area contributed by atoms with Crippen molar-refractivity contribution >= 4 is 68.4 Å². The van der Waals surface area contributed by atoms with Gasteiger partial charge >= 0.3 is 0 Å².